The highest BCUT2D eigenvalue weighted by atomic mass is 32.2. The van der Waals surface area contributed by atoms with Gasteiger partial charge in [-0.3, -0.25) is 14.5 Å². The fourth-order valence-electron chi connectivity index (χ4n) is 3.47. The van der Waals surface area contributed by atoms with E-state index in [-0.39, 0.29) is 23.0 Å². The summed E-state index contributed by atoms with van der Waals surface area (Å²) in [4.78, 5) is 27.0. The van der Waals surface area contributed by atoms with Crippen molar-refractivity contribution < 1.29 is 14.0 Å². The molecule has 0 radical (unpaired) electrons. The number of benzene rings is 3. The van der Waals surface area contributed by atoms with Crippen molar-refractivity contribution in [3.8, 4) is 0 Å². The molecule has 1 saturated heterocycles. The molecule has 0 saturated carbocycles. The lowest BCUT2D eigenvalue weighted by molar-refractivity contribution is -0.115. The molecule has 0 aliphatic carbocycles. The molecule has 1 N–H and O–H groups in total. The minimum absolute atomic E-state index is 0.00529. The molecular weight excluding hydrogens is 399 g/mol. The molecule has 1 atom stereocenters. The molecule has 0 aromatic heterocycles. The average molecular weight is 421 g/mol. The van der Waals surface area contributed by atoms with E-state index in [1.807, 2.05) is 38.1 Å². The van der Waals surface area contributed by atoms with Crippen LogP contribution < -0.4 is 10.2 Å². The molecule has 3 aromatic carbocycles. The Bertz CT molecular complexity index is 1100. The van der Waals surface area contributed by atoms with Crippen molar-refractivity contribution in [1.29, 1.82) is 0 Å². The Morgan fingerprint density at radius 2 is 1.73 bits per heavy atom. The third kappa shape index (κ3) is 4.09. The summed E-state index contributed by atoms with van der Waals surface area (Å²) in [7, 11) is 0. The number of rotatable bonds is 4. The molecular formula is C24H21FN2O2S. The first-order chi connectivity index (χ1) is 14.4. The summed E-state index contributed by atoms with van der Waals surface area (Å²) < 4.78 is 13.3. The number of nitrogens with one attached hydrogen (secondary N) is 1. The number of anilines is 2. The number of hydrogen-bond acceptors (Lipinski definition) is 3. The van der Waals surface area contributed by atoms with Crippen LogP contribution in [0.5, 0.6) is 0 Å². The highest BCUT2D eigenvalue weighted by Crippen LogP contribution is 2.42. The van der Waals surface area contributed by atoms with Gasteiger partial charge in [-0.1, -0.05) is 29.8 Å². The maximum absolute atomic E-state index is 13.3. The van der Waals surface area contributed by atoms with E-state index in [9.17, 15) is 14.0 Å². The van der Waals surface area contributed by atoms with Crippen LogP contribution in [0.2, 0.25) is 0 Å². The van der Waals surface area contributed by atoms with Gasteiger partial charge in [0.25, 0.3) is 5.91 Å². The second-order valence-electron chi connectivity index (χ2n) is 7.30. The zero-order chi connectivity index (χ0) is 21.3. The minimum atomic E-state index is -0.306. The Balaban J connectivity index is 1.58. The highest BCUT2D eigenvalue weighted by Gasteiger charge is 2.34. The number of carbonyl (C=O) groups is 2. The quantitative estimate of drug-likeness (QED) is 0.609. The monoisotopic (exact) mass is 420 g/mol. The Morgan fingerprint density at radius 1 is 1.03 bits per heavy atom. The Labute approximate surface area is 179 Å². The topological polar surface area (TPSA) is 49.4 Å². The molecule has 6 heteroatoms. The van der Waals surface area contributed by atoms with E-state index in [2.05, 4.69) is 5.32 Å². The molecule has 0 spiro atoms. The molecule has 1 aliphatic heterocycles. The molecule has 2 amide bonds. The molecule has 4 rings (SSSR count). The first-order valence-electron chi connectivity index (χ1n) is 9.60. The van der Waals surface area contributed by atoms with Gasteiger partial charge in [0.05, 0.1) is 5.75 Å². The number of hydrogen-bond donors (Lipinski definition) is 1. The number of thioether (sulfide) groups is 1. The maximum Gasteiger partial charge on any atom is 0.255 e. The van der Waals surface area contributed by atoms with Crippen molar-refractivity contribution in [2.24, 2.45) is 0 Å². The lowest BCUT2D eigenvalue weighted by Crippen LogP contribution is -2.28. The van der Waals surface area contributed by atoms with Gasteiger partial charge in [0.15, 0.2) is 0 Å². The van der Waals surface area contributed by atoms with Crippen LogP contribution >= 0.6 is 11.8 Å². The van der Waals surface area contributed by atoms with E-state index in [0.717, 1.165) is 28.1 Å². The Hall–Kier alpha value is -3.12. The smallest absolute Gasteiger partial charge is 0.255 e. The van der Waals surface area contributed by atoms with Gasteiger partial charge in [-0.05, 0) is 67.4 Å². The lowest BCUT2D eigenvalue weighted by Gasteiger charge is -2.26. The van der Waals surface area contributed by atoms with Crippen LogP contribution in [-0.2, 0) is 4.79 Å². The van der Waals surface area contributed by atoms with E-state index in [0.29, 0.717) is 11.3 Å². The van der Waals surface area contributed by atoms with Crippen molar-refractivity contribution in [2.75, 3.05) is 16.0 Å². The van der Waals surface area contributed by atoms with Gasteiger partial charge in [-0.25, -0.2) is 4.39 Å². The SMILES string of the molecule is Cc1ccc(NC(=O)c2ccc(N3C(=O)CSC3c3ccc(F)cc3)c(C)c2)cc1. The number of carbonyl (C=O) groups excluding carboxylic acids is 2. The molecule has 152 valence electrons. The zero-order valence-corrected chi connectivity index (χ0v) is 17.5. The summed E-state index contributed by atoms with van der Waals surface area (Å²) in [6.45, 7) is 3.88. The van der Waals surface area contributed by atoms with E-state index >= 15 is 0 Å². The first kappa shape index (κ1) is 20.2. The summed E-state index contributed by atoms with van der Waals surface area (Å²) in [6.07, 6.45) is 0. The Kier molecular flexibility index (Phi) is 5.59. The third-order valence-electron chi connectivity index (χ3n) is 5.05. The standard InChI is InChI=1S/C24H21FN2O2S/c1-15-3-10-20(11-4-15)26-23(29)18-7-12-21(16(2)13-18)27-22(28)14-30-24(27)17-5-8-19(25)9-6-17/h3-13,24H,14H2,1-2H3,(H,26,29). The number of nitrogens with zero attached hydrogens (tertiary/aromatic N) is 1. The highest BCUT2D eigenvalue weighted by molar-refractivity contribution is 8.00. The molecule has 1 heterocycles. The minimum Gasteiger partial charge on any atom is -0.322 e. The second kappa shape index (κ2) is 8.32. The van der Waals surface area contributed by atoms with Gasteiger partial charge in [-0.2, -0.15) is 0 Å². The van der Waals surface area contributed by atoms with Gasteiger partial charge in [0.2, 0.25) is 5.91 Å². The molecule has 1 unspecified atom stereocenters. The molecule has 1 aliphatic rings. The van der Waals surface area contributed by atoms with Crippen molar-refractivity contribution >= 4 is 35.0 Å². The van der Waals surface area contributed by atoms with Crippen LogP contribution in [0.4, 0.5) is 15.8 Å². The van der Waals surface area contributed by atoms with Gasteiger partial charge >= 0.3 is 0 Å². The zero-order valence-electron chi connectivity index (χ0n) is 16.7. The van der Waals surface area contributed by atoms with Crippen LogP contribution in [0.25, 0.3) is 0 Å². The Morgan fingerprint density at radius 3 is 2.40 bits per heavy atom. The van der Waals surface area contributed by atoms with Crippen molar-refractivity contribution in [3.05, 3.63) is 94.8 Å². The molecule has 30 heavy (non-hydrogen) atoms. The van der Waals surface area contributed by atoms with Gasteiger partial charge in [0.1, 0.15) is 11.2 Å². The molecule has 1 fully saturated rings. The summed E-state index contributed by atoms with van der Waals surface area (Å²) in [5.41, 5.74) is 4.83. The van der Waals surface area contributed by atoms with Crippen LogP contribution in [0.15, 0.2) is 66.7 Å². The summed E-state index contributed by atoms with van der Waals surface area (Å²) in [5, 5.41) is 2.67. The second-order valence-corrected chi connectivity index (χ2v) is 8.37. The predicted octanol–water partition coefficient (Wildman–Crippen LogP) is 5.47. The van der Waals surface area contributed by atoms with E-state index in [1.54, 1.807) is 35.2 Å². The first-order valence-corrected chi connectivity index (χ1v) is 10.6. The largest absolute Gasteiger partial charge is 0.322 e. The summed E-state index contributed by atoms with van der Waals surface area (Å²) >= 11 is 1.51. The van der Waals surface area contributed by atoms with Gasteiger partial charge in [-0.15, -0.1) is 11.8 Å². The number of halogens is 1. The summed E-state index contributed by atoms with van der Waals surface area (Å²) in [6, 6.07) is 19.1. The van der Waals surface area contributed by atoms with E-state index in [4.69, 9.17) is 0 Å². The maximum atomic E-state index is 13.3. The fraction of sp³-hybridized carbons (Fsp3) is 0.167. The lowest BCUT2D eigenvalue weighted by atomic mass is 10.1. The van der Waals surface area contributed by atoms with Crippen molar-refractivity contribution in [3.63, 3.8) is 0 Å². The van der Waals surface area contributed by atoms with Gasteiger partial charge in [0, 0.05) is 16.9 Å². The number of amides is 2. The van der Waals surface area contributed by atoms with E-state index in [1.165, 1.54) is 23.9 Å². The van der Waals surface area contributed by atoms with Crippen molar-refractivity contribution in [2.45, 2.75) is 19.2 Å². The average Bonchev–Trinajstić information content (AvgIpc) is 3.11. The van der Waals surface area contributed by atoms with Crippen LogP contribution in [0.3, 0.4) is 0 Å². The number of aryl methyl sites for hydroxylation is 2. The van der Waals surface area contributed by atoms with Crippen LogP contribution in [0, 0.1) is 19.7 Å². The predicted molar refractivity (Wildman–Crippen MR) is 119 cm³/mol. The van der Waals surface area contributed by atoms with E-state index < -0.39 is 0 Å². The van der Waals surface area contributed by atoms with Crippen LogP contribution in [-0.4, -0.2) is 17.6 Å². The van der Waals surface area contributed by atoms with Crippen LogP contribution in [0.1, 0.15) is 32.4 Å². The molecule has 3 aromatic rings. The van der Waals surface area contributed by atoms with Gasteiger partial charge < -0.3 is 5.32 Å². The fourth-order valence-corrected chi connectivity index (χ4v) is 4.63. The third-order valence-corrected chi connectivity index (χ3v) is 6.26. The molecule has 4 nitrogen and oxygen atoms in total. The summed E-state index contributed by atoms with van der Waals surface area (Å²) in [5.74, 6) is -0.156. The van der Waals surface area contributed by atoms with Crippen molar-refractivity contribution in [1.82, 2.24) is 0 Å². The molecule has 0 bridgehead atoms. The normalized spacial score (nSPS) is 16.0.